The Labute approximate surface area is 136 Å². The molecule has 2 aromatic rings. The molecule has 0 saturated heterocycles. The molecule has 0 unspecified atom stereocenters. The van der Waals surface area contributed by atoms with Crippen molar-refractivity contribution in [3.05, 3.63) is 71.0 Å². The molecular formula is C17H17Br2F. The first-order chi connectivity index (χ1) is 9.61. The van der Waals surface area contributed by atoms with Crippen LogP contribution in [0.15, 0.2) is 48.5 Å². The molecule has 2 aromatic carbocycles. The van der Waals surface area contributed by atoms with Crippen molar-refractivity contribution >= 4 is 31.9 Å². The monoisotopic (exact) mass is 398 g/mol. The van der Waals surface area contributed by atoms with Crippen molar-refractivity contribution < 1.29 is 4.39 Å². The summed E-state index contributed by atoms with van der Waals surface area (Å²) in [6.45, 7) is 2.07. The van der Waals surface area contributed by atoms with E-state index < -0.39 is 0 Å². The van der Waals surface area contributed by atoms with E-state index in [1.807, 2.05) is 12.1 Å². The number of rotatable bonds is 5. The van der Waals surface area contributed by atoms with Gasteiger partial charge in [0.25, 0.3) is 0 Å². The van der Waals surface area contributed by atoms with Crippen LogP contribution in [-0.4, -0.2) is 10.7 Å². The largest absolute Gasteiger partial charge is 0.207 e. The predicted octanol–water partition coefficient (Wildman–Crippen LogP) is 5.40. The van der Waals surface area contributed by atoms with Crippen LogP contribution in [0, 0.1) is 12.7 Å². The van der Waals surface area contributed by atoms with Gasteiger partial charge in [-0.05, 0) is 30.5 Å². The first-order valence-electron chi connectivity index (χ1n) is 6.54. The van der Waals surface area contributed by atoms with Crippen LogP contribution in [0.25, 0.3) is 0 Å². The number of benzene rings is 2. The standard InChI is InChI=1S/C17H17Br2F/c1-13-6-8-14(9-7-13)10-17(11-18,12-19)15-4-2-3-5-16(15)20/h2-9H,10-12H2,1H3. The van der Waals surface area contributed by atoms with Gasteiger partial charge in [-0.25, -0.2) is 4.39 Å². The Bertz CT molecular complexity index is 559. The zero-order chi connectivity index (χ0) is 14.6. The van der Waals surface area contributed by atoms with E-state index in [1.165, 1.54) is 17.2 Å². The summed E-state index contributed by atoms with van der Waals surface area (Å²) < 4.78 is 14.2. The molecule has 0 aliphatic carbocycles. The summed E-state index contributed by atoms with van der Waals surface area (Å²) in [7, 11) is 0. The zero-order valence-corrected chi connectivity index (χ0v) is 14.5. The van der Waals surface area contributed by atoms with Crippen LogP contribution in [0.2, 0.25) is 0 Å². The Morgan fingerprint density at radius 1 is 0.950 bits per heavy atom. The van der Waals surface area contributed by atoms with Crippen LogP contribution in [-0.2, 0) is 11.8 Å². The summed E-state index contributed by atoms with van der Waals surface area (Å²) in [6, 6.07) is 15.5. The highest BCUT2D eigenvalue weighted by Crippen LogP contribution is 2.34. The van der Waals surface area contributed by atoms with E-state index in [1.54, 1.807) is 6.07 Å². The van der Waals surface area contributed by atoms with Gasteiger partial charge in [-0.1, -0.05) is 79.9 Å². The van der Waals surface area contributed by atoms with Gasteiger partial charge in [-0.3, -0.25) is 0 Å². The molecule has 0 N–H and O–H groups in total. The molecule has 0 atom stereocenters. The minimum absolute atomic E-state index is 0.140. The highest BCUT2D eigenvalue weighted by atomic mass is 79.9. The van der Waals surface area contributed by atoms with Crippen molar-refractivity contribution in [3.63, 3.8) is 0 Å². The second kappa shape index (κ2) is 6.86. The molecule has 0 nitrogen and oxygen atoms in total. The van der Waals surface area contributed by atoms with Gasteiger partial charge in [0.1, 0.15) is 5.82 Å². The molecule has 0 aromatic heterocycles. The Hall–Kier alpha value is -0.670. The third-order valence-corrected chi connectivity index (χ3v) is 5.77. The predicted molar refractivity (Wildman–Crippen MR) is 90.5 cm³/mol. The smallest absolute Gasteiger partial charge is 0.127 e. The molecule has 0 amide bonds. The summed E-state index contributed by atoms with van der Waals surface area (Å²) in [4.78, 5) is 0. The molecule has 106 valence electrons. The minimum atomic E-state index is -0.277. The molecule has 0 aliphatic rings. The first kappa shape index (κ1) is 15.7. The van der Waals surface area contributed by atoms with Crippen LogP contribution >= 0.6 is 31.9 Å². The lowest BCUT2D eigenvalue weighted by atomic mass is 9.78. The van der Waals surface area contributed by atoms with Crippen molar-refractivity contribution in [3.8, 4) is 0 Å². The molecular weight excluding hydrogens is 383 g/mol. The van der Waals surface area contributed by atoms with Crippen LogP contribution < -0.4 is 0 Å². The molecule has 0 spiro atoms. The van der Waals surface area contributed by atoms with E-state index in [0.29, 0.717) is 10.7 Å². The molecule has 0 aliphatic heterocycles. The first-order valence-corrected chi connectivity index (χ1v) is 8.78. The molecule has 0 saturated carbocycles. The molecule has 0 heterocycles. The number of aryl methyl sites for hydroxylation is 1. The van der Waals surface area contributed by atoms with Crippen LogP contribution in [0.5, 0.6) is 0 Å². The Morgan fingerprint density at radius 2 is 1.55 bits per heavy atom. The number of alkyl halides is 2. The van der Waals surface area contributed by atoms with Crippen molar-refractivity contribution in [2.24, 2.45) is 0 Å². The van der Waals surface area contributed by atoms with E-state index in [0.717, 1.165) is 12.0 Å². The lowest BCUT2D eigenvalue weighted by molar-refractivity contribution is 0.501. The van der Waals surface area contributed by atoms with E-state index in [-0.39, 0.29) is 11.2 Å². The molecule has 0 fully saturated rings. The van der Waals surface area contributed by atoms with Crippen LogP contribution in [0.4, 0.5) is 4.39 Å². The van der Waals surface area contributed by atoms with Gasteiger partial charge < -0.3 is 0 Å². The number of hydrogen-bond donors (Lipinski definition) is 0. The second-order valence-electron chi connectivity index (χ2n) is 5.19. The maximum absolute atomic E-state index is 14.2. The van der Waals surface area contributed by atoms with Gasteiger partial charge >= 0.3 is 0 Å². The average Bonchev–Trinajstić information content (AvgIpc) is 2.48. The molecule has 20 heavy (non-hydrogen) atoms. The molecule has 0 radical (unpaired) electrons. The SMILES string of the molecule is Cc1ccc(CC(CBr)(CBr)c2ccccc2F)cc1. The Kier molecular flexibility index (Phi) is 5.39. The molecule has 0 bridgehead atoms. The van der Waals surface area contributed by atoms with E-state index in [9.17, 15) is 4.39 Å². The van der Waals surface area contributed by atoms with Gasteiger partial charge in [0.2, 0.25) is 0 Å². The fourth-order valence-electron chi connectivity index (χ4n) is 2.36. The van der Waals surface area contributed by atoms with Gasteiger partial charge in [-0.2, -0.15) is 0 Å². The van der Waals surface area contributed by atoms with Crippen LogP contribution in [0.3, 0.4) is 0 Å². The summed E-state index contributed by atoms with van der Waals surface area (Å²) in [5.74, 6) is -0.140. The maximum atomic E-state index is 14.2. The number of hydrogen-bond acceptors (Lipinski definition) is 0. The van der Waals surface area contributed by atoms with E-state index in [4.69, 9.17) is 0 Å². The topological polar surface area (TPSA) is 0 Å². The highest BCUT2D eigenvalue weighted by molar-refractivity contribution is 9.09. The summed E-state index contributed by atoms with van der Waals surface area (Å²) in [6.07, 6.45) is 0.796. The normalized spacial score (nSPS) is 11.6. The summed E-state index contributed by atoms with van der Waals surface area (Å²) in [5.41, 5.74) is 2.94. The van der Waals surface area contributed by atoms with Crippen molar-refractivity contribution in [2.75, 3.05) is 10.7 Å². The van der Waals surface area contributed by atoms with Gasteiger partial charge in [0.15, 0.2) is 0 Å². The lowest BCUT2D eigenvalue weighted by Gasteiger charge is -2.31. The third-order valence-electron chi connectivity index (χ3n) is 3.62. The second-order valence-corrected chi connectivity index (χ2v) is 6.31. The van der Waals surface area contributed by atoms with Gasteiger partial charge in [0.05, 0.1) is 0 Å². The van der Waals surface area contributed by atoms with Gasteiger partial charge in [-0.15, -0.1) is 0 Å². The maximum Gasteiger partial charge on any atom is 0.127 e. The Balaban J connectivity index is 2.39. The fraction of sp³-hybridized carbons (Fsp3) is 0.294. The third kappa shape index (κ3) is 3.32. The van der Waals surface area contributed by atoms with E-state index in [2.05, 4.69) is 63.0 Å². The summed E-state index contributed by atoms with van der Waals surface area (Å²) in [5, 5.41) is 1.42. The van der Waals surface area contributed by atoms with Crippen LogP contribution in [0.1, 0.15) is 16.7 Å². The van der Waals surface area contributed by atoms with Crippen molar-refractivity contribution in [1.29, 1.82) is 0 Å². The zero-order valence-electron chi connectivity index (χ0n) is 11.4. The van der Waals surface area contributed by atoms with Crippen molar-refractivity contribution in [1.82, 2.24) is 0 Å². The van der Waals surface area contributed by atoms with Gasteiger partial charge in [0, 0.05) is 16.1 Å². The average molecular weight is 400 g/mol. The minimum Gasteiger partial charge on any atom is -0.207 e. The summed E-state index contributed by atoms with van der Waals surface area (Å²) >= 11 is 7.16. The lowest BCUT2D eigenvalue weighted by Crippen LogP contribution is -2.34. The van der Waals surface area contributed by atoms with Crippen molar-refractivity contribution in [2.45, 2.75) is 18.8 Å². The highest BCUT2D eigenvalue weighted by Gasteiger charge is 2.32. The fourth-order valence-corrected chi connectivity index (χ4v) is 4.29. The quantitative estimate of drug-likeness (QED) is 0.590. The molecule has 2 rings (SSSR count). The van der Waals surface area contributed by atoms with E-state index >= 15 is 0 Å². The Morgan fingerprint density at radius 3 is 2.10 bits per heavy atom. The number of halogens is 3. The molecule has 3 heteroatoms.